The Morgan fingerprint density at radius 2 is 1.97 bits per heavy atom. The number of likely N-dealkylation sites (N-methyl/N-ethyl adjacent to an activating group) is 1. The van der Waals surface area contributed by atoms with Crippen LogP contribution in [0.15, 0.2) is 66.2 Å². The molecule has 1 atom stereocenters. The maximum atomic E-state index is 10.3. The normalized spacial score (nSPS) is 23.9. The molecule has 0 aromatic heterocycles. The summed E-state index contributed by atoms with van der Waals surface area (Å²) in [6.45, 7) is 24.4. The van der Waals surface area contributed by atoms with Crippen molar-refractivity contribution in [2.75, 3.05) is 33.4 Å². The minimum atomic E-state index is 0.00941. The van der Waals surface area contributed by atoms with Gasteiger partial charge in [0.15, 0.2) is 0 Å². The van der Waals surface area contributed by atoms with Crippen molar-refractivity contribution in [2.45, 2.75) is 54.0 Å². The van der Waals surface area contributed by atoms with Crippen molar-refractivity contribution in [1.29, 1.82) is 0 Å². The van der Waals surface area contributed by atoms with Crippen LogP contribution in [0.3, 0.4) is 0 Å². The lowest BCUT2D eigenvalue weighted by Crippen LogP contribution is -2.55. The van der Waals surface area contributed by atoms with E-state index < -0.39 is 0 Å². The molecular weight excluding hydrogens is 448 g/mol. The molecule has 3 aliphatic heterocycles. The van der Waals surface area contributed by atoms with Crippen LogP contribution < -0.4 is 15.2 Å². The Hall–Kier alpha value is -2.92. The predicted octanol–water partition coefficient (Wildman–Crippen LogP) is 4.86. The SMILES string of the molecule is C=C(O)C1=CN2C(=CC1=C)/C(=c1\cccc(OCC3(C)COC3)c1=C(C)CC)N(C)CC2C(C)(C)C. The first-order chi connectivity index (χ1) is 16.9. The van der Waals surface area contributed by atoms with E-state index in [9.17, 15) is 5.11 Å². The lowest BCUT2D eigenvalue weighted by atomic mass is 9.82. The summed E-state index contributed by atoms with van der Waals surface area (Å²) in [6.07, 6.45) is 5.04. The number of allylic oxidation sites excluding steroid dienone is 2. The maximum absolute atomic E-state index is 10.3. The minimum Gasteiger partial charge on any atom is -0.508 e. The average molecular weight is 491 g/mol. The van der Waals surface area contributed by atoms with E-state index >= 15 is 0 Å². The fourth-order valence-electron chi connectivity index (χ4n) is 5.24. The summed E-state index contributed by atoms with van der Waals surface area (Å²) >= 11 is 0. The molecule has 36 heavy (non-hydrogen) atoms. The van der Waals surface area contributed by atoms with Crippen LogP contribution in [0.4, 0.5) is 0 Å². The summed E-state index contributed by atoms with van der Waals surface area (Å²) in [4.78, 5) is 4.68. The van der Waals surface area contributed by atoms with E-state index in [4.69, 9.17) is 9.47 Å². The Balaban J connectivity index is 1.95. The molecule has 0 aliphatic carbocycles. The van der Waals surface area contributed by atoms with Crippen LogP contribution in [0, 0.1) is 10.8 Å². The fraction of sp³-hybridized carbons (Fsp3) is 0.484. The van der Waals surface area contributed by atoms with Gasteiger partial charge in [0, 0.05) is 41.2 Å². The highest BCUT2D eigenvalue weighted by atomic mass is 16.5. The molecule has 4 rings (SSSR count). The minimum absolute atomic E-state index is 0.00941. The highest BCUT2D eigenvalue weighted by Gasteiger charge is 2.40. The second-order valence-corrected chi connectivity index (χ2v) is 12.0. The maximum Gasteiger partial charge on any atom is 0.127 e. The number of ether oxygens (including phenoxy) is 2. The molecule has 2 saturated heterocycles. The van der Waals surface area contributed by atoms with Crippen molar-refractivity contribution in [2.24, 2.45) is 10.8 Å². The lowest BCUT2D eigenvalue weighted by molar-refractivity contribution is -0.120. The number of piperazine rings is 1. The van der Waals surface area contributed by atoms with E-state index in [1.807, 2.05) is 6.20 Å². The summed E-state index contributed by atoms with van der Waals surface area (Å²) in [7, 11) is 2.17. The molecule has 0 bridgehead atoms. The molecule has 1 unspecified atom stereocenters. The number of hydrogen-bond acceptors (Lipinski definition) is 5. The molecule has 5 nitrogen and oxygen atoms in total. The molecule has 3 aliphatic rings. The lowest BCUT2D eigenvalue weighted by Gasteiger charge is -2.50. The largest absolute Gasteiger partial charge is 0.508 e. The molecule has 194 valence electrons. The van der Waals surface area contributed by atoms with Crippen molar-refractivity contribution in [3.8, 4) is 5.75 Å². The van der Waals surface area contributed by atoms with Gasteiger partial charge in [-0.15, -0.1) is 0 Å². The number of rotatable bonds is 5. The topological polar surface area (TPSA) is 45.2 Å². The van der Waals surface area contributed by atoms with Crippen LogP contribution in [-0.4, -0.2) is 54.4 Å². The molecule has 1 N–H and O–H groups in total. The monoisotopic (exact) mass is 490 g/mol. The van der Waals surface area contributed by atoms with Crippen LogP contribution >= 0.6 is 0 Å². The highest BCUT2D eigenvalue weighted by Crippen LogP contribution is 2.40. The van der Waals surface area contributed by atoms with Gasteiger partial charge >= 0.3 is 0 Å². The highest BCUT2D eigenvalue weighted by molar-refractivity contribution is 5.70. The number of benzene rings is 1. The van der Waals surface area contributed by atoms with E-state index in [1.165, 1.54) is 5.57 Å². The third-order valence-electron chi connectivity index (χ3n) is 7.64. The third kappa shape index (κ3) is 4.73. The van der Waals surface area contributed by atoms with Crippen molar-refractivity contribution in [1.82, 2.24) is 9.80 Å². The number of aliphatic hydroxyl groups excluding tert-OH is 1. The van der Waals surface area contributed by atoms with E-state index in [-0.39, 0.29) is 22.6 Å². The molecule has 0 radical (unpaired) electrons. The Morgan fingerprint density at radius 1 is 1.28 bits per heavy atom. The number of aliphatic hydroxyl groups is 1. The molecule has 0 spiro atoms. The molecule has 3 heterocycles. The average Bonchev–Trinajstić information content (AvgIpc) is 2.79. The zero-order valence-electron chi connectivity index (χ0n) is 23.1. The first-order valence-corrected chi connectivity index (χ1v) is 12.9. The van der Waals surface area contributed by atoms with Gasteiger partial charge in [-0.1, -0.05) is 65.5 Å². The van der Waals surface area contributed by atoms with E-state index in [0.29, 0.717) is 12.2 Å². The van der Waals surface area contributed by atoms with Gasteiger partial charge in [0.25, 0.3) is 0 Å². The van der Waals surface area contributed by atoms with Crippen molar-refractivity contribution in [3.05, 3.63) is 76.7 Å². The van der Waals surface area contributed by atoms with Gasteiger partial charge in [0.05, 0.1) is 37.3 Å². The number of nitrogens with zero attached hydrogens (tertiary/aromatic N) is 2. The van der Waals surface area contributed by atoms with Gasteiger partial charge in [-0.05, 0) is 36.5 Å². The van der Waals surface area contributed by atoms with Crippen LogP contribution in [0.1, 0.15) is 48.0 Å². The summed E-state index contributed by atoms with van der Waals surface area (Å²) in [5.74, 6) is 0.962. The van der Waals surface area contributed by atoms with Gasteiger partial charge in [0.2, 0.25) is 0 Å². The summed E-state index contributed by atoms with van der Waals surface area (Å²) < 4.78 is 11.9. The Morgan fingerprint density at radius 3 is 2.53 bits per heavy atom. The van der Waals surface area contributed by atoms with Crippen LogP contribution in [-0.2, 0) is 4.74 Å². The van der Waals surface area contributed by atoms with Crippen molar-refractivity contribution >= 4 is 11.3 Å². The molecule has 1 aromatic rings. The van der Waals surface area contributed by atoms with Crippen molar-refractivity contribution in [3.63, 3.8) is 0 Å². The second-order valence-electron chi connectivity index (χ2n) is 12.0. The Bertz CT molecular complexity index is 1260. The van der Waals surface area contributed by atoms with Crippen LogP contribution in [0.2, 0.25) is 0 Å². The molecular formula is C31H42N2O3. The summed E-state index contributed by atoms with van der Waals surface area (Å²) in [5, 5.41) is 12.6. The first kappa shape index (κ1) is 26.2. The van der Waals surface area contributed by atoms with E-state index in [1.54, 1.807) is 0 Å². The summed E-state index contributed by atoms with van der Waals surface area (Å²) in [5.41, 5.74) is 5.03. The summed E-state index contributed by atoms with van der Waals surface area (Å²) in [6, 6.07) is 6.58. The van der Waals surface area contributed by atoms with Gasteiger partial charge in [-0.25, -0.2) is 0 Å². The van der Waals surface area contributed by atoms with Gasteiger partial charge < -0.3 is 24.4 Å². The fourth-order valence-corrected chi connectivity index (χ4v) is 5.24. The number of hydrogen-bond donors (Lipinski definition) is 1. The zero-order valence-corrected chi connectivity index (χ0v) is 23.1. The van der Waals surface area contributed by atoms with Crippen LogP contribution in [0.5, 0.6) is 5.75 Å². The standard InChI is InChI=1S/C31H42N2O3/c1-10-20(2)28-23(12-11-13-26(28)36-19-31(8)17-35-18-31)29-25-14-21(3)24(22(4)34)15-33(25)27(16-32(29)9)30(5,6)7/h11-15,27,34H,3-4,10,16-19H2,1-2,5-9H3/b28-20?,29-23-. The predicted molar refractivity (Wildman–Crippen MR) is 148 cm³/mol. The van der Waals surface area contributed by atoms with Crippen molar-refractivity contribution < 1.29 is 14.6 Å². The third-order valence-corrected chi connectivity index (χ3v) is 7.64. The van der Waals surface area contributed by atoms with Gasteiger partial charge in [-0.2, -0.15) is 0 Å². The molecule has 0 saturated carbocycles. The Labute approximate surface area is 216 Å². The molecule has 1 aromatic carbocycles. The quantitative estimate of drug-likeness (QED) is 0.597. The van der Waals surface area contributed by atoms with Crippen LogP contribution in [0.25, 0.3) is 11.3 Å². The van der Waals surface area contributed by atoms with Gasteiger partial charge in [-0.3, -0.25) is 0 Å². The Kier molecular flexibility index (Phi) is 6.91. The molecule has 5 heteroatoms. The molecule has 0 amide bonds. The van der Waals surface area contributed by atoms with E-state index in [2.05, 4.69) is 95.8 Å². The van der Waals surface area contributed by atoms with Gasteiger partial charge in [0.1, 0.15) is 11.5 Å². The smallest absolute Gasteiger partial charge is 0.127 e. The first-order valence-electron chi connectivity index (χ1n) is 12.9. The second kappa shape index (κ2) is 9.51. The van der Waals surface area contributed by atoms with E-state index in [0.717, 1.165) is 59.3 Å². The number of fused-ring (bicyclic) bond motifs is 1. The molecule has 2 fully saturated rings. The zero-order chi connectivity index (χ0) is 26.4.